The van der Waals surface area contributed by atoms with Crippen LogP contribution in [0.1, 0.15) is 15.9 Å². The second-order valence-corrected chi connectivity index (χ2v) is 10.5. The fraction of sp³-hybridized carbons (Fsp3) is 0.556. The van der Waals surface area contributed by atoms with Gasteiger partial charge in [-0.25, -0.2) is 8.42 Å². The van der Waals surface area contributed by atoms with Crippen LogP contribution in [0.4, 0.5) is 18.9 Å². The van der Waals surface area contributed by atoms with Gasteiger partial charge < -0.3 is 5.32 Å². The molecule has 146 valence electrons. The van der Waals surface area contributed by atoms with Crippen molar-refractivity contribution in [1.82, 2.24) is 5.32 Å². The average molecular weight is 409 g/mol. The van der Waals surface area contributed by atoms with E-state index in [1.807, 2.05) is 0 Å². The highest BCUT2D eigenvalue weighted by Crippen LogP contribution is 3.06. The number of carbonyl (C=O) groups excluding carboxylic acids is 1. The van der Waals surface area contributed by atoms with E-state index in [9.17, 15) is 31.6 Å². The van der Waals surface area contributed by atoms with Crippen LogP contribution in [0.5, 0.6) is 0 Å². The summed E-state index contributed by atoms with van der Waals surface area (Å²) in [5, 5.41) is 12.3. The number of alkyl halides is 3. The van der Waals surface area contributed by atoms with E-state index < -0.39 is 33.2 Å². The van der Waals surface area contributed by atoms with E-state index >= 15 is 0 Å². The molecule has 0 atom stereocenters. The van der Waals surface area contributed by atoms with Crippen molar-refractivity contribution in [2.75, 3.05) is 11.0 Å². The van der Waals surface area contributed by atoms with Crippen molar-refractivity contribution in [3.05, 3.63) is 29.3 Å². The number of rotatable bonds is 4. The van der Waals surface area contributed by atoms with Crippen molar-refractivity contribution < 1.29 is 26.4 Å². The molecule has 0 aliphatic heterocycles. The Kier molecular flexibility index (Phi) is 2.48. The standard InChI is InChI=1S/C18H14F3N3O3S/c1-28(26,27)24-8-3-2-6(18(19,20)21)4-7(8)15(25)23-17-12-9-13(17)11-14(17)10(12)16(9,11)5-22/h2-4,9-14,24H,1H3,(H,23,25). The minimum Gasteiger partial charge on any atom is -0.346 e. The second-order valence-electron chi connectivity index (χ2n) is 8.72. The number of hydrogen-bond donors (Lipinski definition) is 2. The second kappa shape index (κ2) is 4.17. The van der Waals surface area contributed by atoms with Crippen LogP contribution in [0.25, 0.3) is 0 Å². The van der Waals surface area contributed by atoms with Crippen molar-refractivity contribution in [2.24, 2.45) is 40.9 Å². The van der Waals surface area contributed by atoms with Crippen LogP contribution < -0.4 is 10.0 Å². The highest BCUT2D eigenvalue weighted by atomic mass is 32.2. The van der Waals surface area contributed by atoms with E-state index in [2.05, 4.69) is 16.1 Å². The van der Waals surface area contributed by atoms with Gasteiger partial charge in [-0.2, -0.15) is 18.4 Å². The molecule has 6 saturated carbocycles. The first-order chi connectivity index (χ1) is 13.0. The van der Waals surface area contributed by atoms with E-state index in [1.54, 1.807) is 0 Å². The molecular weight excluding hydrogens is 395 g/mol. The number of carbonyl (C=O) groups is 1. The SMILES string of the molecule is CS(=O)(=O)Nc1ccc(C(F)(F)F)cc1C(=O)NC12C3C4C1C1C2C3C41C#N. The van der Waals surface area contributed by atoms with Crippen molar-refractivity contribution in [3.8, 4) is 6.07 Å². The Labute approximate surface area is 158 Å². The van der Waals surface area contributed by atoms with Crippen LogP contribution in [0.2, 0.25) is 0 Å². The molecule has 6 aliphatic rings. The largest absolute Gasteiger partial charge is 0.416 e. The summed E-state index contributed by atoms with van der Waals surface area (Å²) in [6, 6.07) is 4.82. The van der Waals surface area contributed by atoms with Gasteiger partial charge in [0.15, 0.2) is 0 Å². The van der Waals surface area contributed by atoms with Crippen LogP contribution >= 0.6 is 0 Å². The number of hydrogen-bond acceptors (Lipinski definition) is 4. The number of halogens is 3. The van der Waals surface area contributed by atoms with Gasteiger partial charge in [-0.05, 0) is 53.7 Å². The molecule has 6 nitrogen and oxygen atoms in total. The summed E-state index contributed by atoms with van der Waals surface area (Å²) >= 11 is 0. The third-order valence-corrected chi connectivity index (χ3v) is 8.63. The number of amides is 1. The van der Waals surface area contributed by atoms with E-state index in [1.165, 1.54) is 0 Å². The normalized spacial score (nSPS) is 45.1. The number of benzene rings is 1. The molecule has 0 aromatic heterocycles. The van der Waals surface area contributed by atoms with Gasteiger partial charge in [-0.1, -0.05) is 0 Å². The summed E-state index contributed by atoms with van der Waals surface area (Å²) in [6.45, 7) is 0. The zero-order valence-electron chi connectivity index (χ0n) is 14.4. The van der Waals surface area contributed by atoms with Gasteiger partial charge in [0.25, 0.3) is 5.91 Å². The van der Waals surface area contributed by atoms with Crippen LogP contribution in [-0.4, -0.2) is 26.1 Å². The third-order valence-electron chi connectivity index (χ3n) is 8.04. The summed E-state index contributed by atoms with van der Waals surface area (Å²) in [5.41, 5.74) is -2.13. The first kappa shape index (κ1) is 16.7. The first-order valence-electron chi connectivity index (χ1n) is 8.91. The summed E-state index contributed by atoms with van der Waals surface area (Å²) in [5.74, 6) is 0.961. The molecule has 6 aliphatic carbocycles. The molecule has 10 heteroatoms. The molecule has 28 heavy (non-hydrogen) atoms. The van der Waals surface area contributed by atoms with Gasteiger partial charge in [0.2, 0.25) is 10.0 Å². The van der Waals surface area contributed by atoms with E-state index in [0.717, 1.165) is 18.4 Å². The minimum atomic E-state index is -4.65. The summed E-state index contributed by atoms with van der Waals surface area (Å²) in [6.07, 6.45) is -3.79. The van der Waals surface area contributed by atoms with Gasteiger partial charge in [0.1, 0.15) is 0 Å². The van der Waals surface area contributed by atoms with Gasteiger partial charge >= 0.3 is 6.18 Å². The number of nitrogens with zero attached hydrogens (tertiary/aromatic N) is 1. The molecule has 0 heterocycles. The zero-order chi connectivity index (χ0) is 20.0. The number of sulfonamides is 1. The van der Waals surface area contributed by atoms with E-state index in [-0.39, 0.29) is 34.4 Å². The van der Waals surface area contributed by atoms with Crippen LogP contribution in [-0.2, 0) is 16.2 Å². The molecule has 6 fully saturated rings. The average Bonchev–Trinajstić information content (AvgIpc) is 2.60. The van der Waals surface area contributed by atoms with Crippen molar-refractivity contribution >= 4 is 21.6 Å². The Morgan fingerprint density at radius 2 is 1.71 bits per heavy atom. The maximum absolute atomic E-state index is 13.1. The molecule has 1 aromatic carbocycles. The fourth-order valence-electron chi connectivity index (χ4n) is 7.46. The maximum atomic E-state index is 13.1. The van der Waals surface area contributed by atoms with Crippen molar-refractivity contribution in [2.45, 2.75) is 11.7 Å². The van der Waals surface area contributed by atoms with Crippen LogP contribution in [0.15, 0.2) is 18.2 Å². The molecule has 0 bridgehead atoms. The Hall–Kier alpha value is -2.28. The number of nitriles is 1. The lowest BCUT2D eigenvalue weighted by atomic mass is 8.94. The first-order valence-corrected chi connectivity index (χ1v) is 10.8. The number of anilines is 1. The Bertz CT molecular complexity index is 1080. The fourth-order valence-corrected chi connectivity index (χ4v) is 8.04. The van der Waals surface area contributed by atoms with Crippen molar-refractivity contribution in [1.29, 1.82) is 5.26 Å². The summed E-state index contributed by atoms with van der Waals surface area (Å²) in [4.78, 5) is 12.9. The summed E-state index contributed by atoms with van der Waals surface area (Å²) in [7, 11) is -3.77. The molecule has 0 radical (unpaired) electrons. The van der Waals surface area contributed by atoms with Gasteiger partial charge in [0, 0.05) is 0 Å². The molecule has 7 rings (SSSR count). The Morgan fingerprint density at radius 1 is 1.14 bits per heavy atom. The lowest BCUT2D eigenvalue weighted by molar-refractivity contribution is -0.607. The molecule has 0 saturated heterocycles. The van der Waals surface area contributed by atoms with E-state index in [4.69, 9.17) is 0 Å². The predicted octanol–water partition coefficient (Wildman–Crippen LogP) is 1.82. The topological polar surface area (TPSA) is 99.1 Å². The van der Waals surface area contributed by atoms with E-state index in [0.29, 0.717) is 23.8 Å². The molecule has 0 unspecified atom stereocenters. The monoisotopic (exact) mass is 409 g/mol. The van der Waals surface area contributed by atoms with Crippen LogP contribution in [0, 0.1) is 52.3 Å². The number of nitrogens with one attached hydrogen (secondary N) is 2. The zero-order valence-corrected chi connectivity index (χ0v) is 15.2. The van der Waals surface area contributed by atoms with Gasteiger partial charge in [-0.3, -0.25) is 9.52 Å². The lowest BCUT2D eigenvalue weighted by Gasteiger charge is -3.09. The summed E-state index contributed by atoms with van der Waals surface area (Å²) < 4.78 is 64.5. The lowest BCUT2D eigenvalue weighted by Crippen LogP contribution is -3.15. The van der Waals surface area contributed by atoms with Crippen molar-refractivity contribution in [3.63, 3.8) is 0 Å². The molecule has 2 N–H and O–H groups in total. The highest BCUT2D eigenvalue weighted by molar-refractivity contribution is 7.92. The van der Waals surface area contributed by atoms with Crippen LogP contribution in [0.3, 0.4) is 0 Å². The molecule has 1 amide bonds. The maximum Gasteiger partial charge on any atom is 0.416 e. The highest BCUT2D eigenvalue weighted by Gasteiger charge is 3.11. The Balaban J connectivity index is 1.31. The van der Waals surface area contributed by atoms with Gasteiger partial charge in [0.05, 0.1) is 40.1 Å². The smallest absolute Gasteiger partial charge is 0.346 e. The Morgan fingerprint density at radius 3 is 2.18 bits per heavy atom. The molecular formula is C18H14F3N3O3S. The predicted molar refractivity (Wildman–Crippen MR) is 89.1 cm³/mol. The minimum absolute atomic E-state index is 0.182. The molecule has 0 spiro atoms. The third kappa shape index (κ3) is 1.39. The molecule has 1 aromatic rings. The van der Waals surface area contributed by atoms with Gasteiger partial charge in [-0.15, -0.1) is 0 Å². The quantitative estimate of drug-likeness (QED) is 0.793.